The van der Waals surface area contributed by atoms with Gasteiger partial charge in [-0.2, -0.15) is 0 Å². The van der Waals surface area contributed by atoms with Crippen molar-refractivity contribution in [2.45, 2.75) is 19.8 Å². The van der Waals surface area contributed by atoms with E-state index in [1.807, 2.05) is 6.92 Å². The molecule has 0 radical (unpaired) electrons. The Kier molecular flexibility index (Phi) is 4.66. The first-order valence-electron chi connectivity index (χ1n) is 3.40. The van der Waals surface area contributed by atoms with Crippen molar-refractivity contribution in [1.82, 2.24) is 10.4 Å². The fourth-order valence-electron chi connectivity index (χ4n) is 0.619. The molecule has 0 heterocycles. The predicted molar refractivity (Wildman–Crippen MR) is 38.7 cm³/mol. The average molecular weight is 146 g/mol. The Hall–Kier alpha value is -0.770. The van der Waals surface area contributed by atoms with E-state index in [2.05, 4.69) is 5.43 Å². The summed E-state index contributed by atoms with van der Waals surface area (Å²) in [4.78, 5) is 10.3. The van der Waals surface area contributed by atoms with E-state index in [-0.39, 0.29) is 0 Å². The summed E-state index contributed by atoms with van der Waals surface area (Å²) < 4.78 is 0. The summed E-state index contributed by atoms with van der Waals surface area (Å²) in [5.74, 6) is 0. The van der Waals surface area contributed by atoms with Crippen molar-refractivity contribution in [3.8, 4) is 0 Å². The lowest BCUT2D eigenvalue weighted by atomic mass is 10.3. The second-order valence-electron chi connectivity index (χ2n) is 2.01. The monoisotopic (exact) mass is 146 g/mol. The normalized spacial score (nSPS) is 9.40. The van der Waals surface area contributed by atoms with Gasteiger partial charge in [-0.3, -0.25) is 0 Å². The van der Waals surface area contributed by atoms with Crippen LogP contribution < -0.4 is 5.43 Å². The molecule has 0 aromatic rings. The van der Waals surface area contributed by atoms with Crippen molar-refractivity contribution in [2.24, 2.45) is 0 Å². The van der Waals surface area contributed by atoms with Crippen molar-refractivity contribution in [3.05, 3.63) is 0 Å². The van der Waals surface area contributed by atoms with Gasteiger partial charge in [0.1, 0.15) is 0 Å². The van der Waals surface area contributed by atoms with Crippen molar-refractivity contribution in [2.75, 3.05) is 13.6 Å². The lowest BCUT2D eigenvalue weighted by molar-refractivity contribution is 0.125. The third kappa shape index (κ3) is 3.29. The van der Waals surface area contributed by atoms with Gasteiger partial charge in [-0.05, 0) is 6.42 Å². The Labute approximate surface area is 60.8 Å². The van der Waals surface area contributed by atoms with Gasteiger partial charge in [0, 0.05) is 13.6 Å². The topological polar surface area (TPSA) is 52.6 Å². The summed E-state index contributed by atoms with van der Waals surface area (Å²) in [5.41, 5.74) is 2.57. The van der Waals surface area contributed by atoms with Crippen LogP contribution in [-0.2, 0) is 0 Å². The Morgan fingerprint density at radius 2 is 2.30 bits per heavy atom. The molecule has 0 aliphatic carbocycles. The number of rotatable bonds is 4. The molecular weight excluding hydrogens is 132 g/mol. The maximum atomic E-state index is 10.3. The van der Waals surface area contributed by atoms with Crippen LogP contribution in [0.2, 0.25) is 0 Å². The van der Waals surface area contributed by atoms with Gasteiger partial charge in [0.2, 0.25) is 0 Å². The lowest BCUT2D eigenvalue weighted by Gasteiger charge is -2.16. The zero-order chi connectivity index (χ0) is 7.98. The van der Waals surface area contributed by atoms with Crippen molar-refractivity contribution >= 4 is 6.09 Å². The summed E-state index contributed by atoms with van der Waals surface area (Å²) in [7, 11) is 1.60. The summed E-state index contributed by atoms with van der Waals surface area (Å²) in [6.07, 6.45) is 0.981. The first kappa shape index (κ1) is 9.23. The lowest BCUT2D eigenvalue weighted by Crippen LogP contribution is -2.40. The molecule has 1 amide bonds. The number of nitrogens with one attached hydrogen (secondary N) is 1. The zero-order valence-electron chi connectivity index (χ0n) is 6.42. The fourth-order valence-corrected chi connectivity index (χ4v) is 0.619. The summed E-state index contributed by atoms with van der Waals surface area (Å²) in [5, 5.41) is 9.63. The highest BCUT2D eigenvalue weighted by molar-refractivity contribution is 5.64. The minimum Gasteiger partial charge on any atom is -0.464 e. The number of carbonyl (C=O) groups is 1. The number of hydrogen-bond donors (Lipinski definition) is 2. The summed E-state index contributed by atoms with van der Waals surface area (Å²) >= 11 is 0. The van der Waals surface area contributed by atoms with Gasteiger partial charge in [0.15, 0.2) is 0 Å². The fraction of sp³-hybridized carbons (Fsp3) is 0.833. The Balaban J connectivity index is 3.50. The van der Waals surface area contributed by atoms with Gasteiger partial charge in [0.25, 0.3) is 0 Å². The van der Waals surface area contributed by atoms with Crippen LogP contribution in [0.5, 0.6) is 0 Å². The third-order valence-electron chi connectivity index (χ3n) is 1.24. The van der Waals surface area contributed by atoms with E-state index in [4.69, 9.17) is 5.11 Å². The number of hydrazine groups is 1. The molecule has 10 heavy (non-hydrogen) atoms. The number of nitrogens with zero attached hydrogens (tertiary/aromatic N) is 1. The molecule has 0 aromatic carbocycles. The number of unbranched alkanes of at least 4 members (excludes halogenated alkanes) is 1. The standard InChI is InChI=1S/C6H14N2O2/c1-3-4-5-8(7-2)6(9)10/h7H,3-5H2,1-2H3,(H,9,10). The third-order valence-corrected chi connectivity index (χ3v) is 1.24. The van der Waals surface area contributed by atoms with E-state index in [0.29, 0.717) is 6.54 Å². The molecule has 60 valence electrons. The quantitative estimate of drug-likeness (QED) is 0.579. The van der Waals surface area contributed by atoms with Crippen LogP contribution in [0.1, 0.15) is 19.8 Å². The smallest absolute Gasteiger partial charge is 0.421 e. The van der Waals surface area contributed by atoms with E-state index in [1.54, 1.807) is 7.05 Å². The van der Waals surface area contributed by atoms with Gasteiger partial charge in [-0.25, -0.2) is 15.2 Å². The molecule has 4 heteroatoms. The van der Waals surface area contributed by atoms with Gasteiger partial charge in [-0.15, -0.1) is 0 Å². The van der Waals surface area contributed by atoms with Gasteiger partial charge in [0.05, 0.1) is 0 Å². The van der Waals surface area contributed by atoms with E-state index >= 15 is 0 Å². The first-order chi connectivity index (χ1) is 4.72. The number of hydrogen-bond acceptors (Lipinski definition) is 2. The molecule has 0 unspecified atom stereocenters. The highest BCUT2D eigenvalue weighted by Crippen LogP contribution is 1.90. The van der Waals surface area contributed by atoms with Crippen molar-refractivity contribution in [1.29, 1.82) is 0 Å². The molecule has 0 bridgehead atoms. The minimum atomic E-state index is -0.920. The Morgan fingerprint density at radius 1 is 1.70 bits per heavy atom. The molecular formula is C6H14N2O2. The largest absolute Gasteiger partial charge is 0.464 e. The molecule has 0 saturated carbocycles. The molecule has 0 fully saturated rings. The van der Waals surface area contributed by atoms with Crippen LogP contribution >= 0.6 is 0 Å². The number of amides is 1. The van der Waals surface area contributed by atoms with Gasteiger partial charge < -0.3 is 5.11 Å². The molecule has 2 N–H and O–H groups in total. The van der Waals surface area contributed by atoms with Crippen molar-refractivity contribution in [3.63, 3.8) is 0 Å². The SMILES string of the molecule is CCCCN(NC)C(=O)O. The van der Waals surface area contributed by atoms with Crippen LogP contribution in [0.15, 0.2) is 0 Å². The van der Waals surface area contributed by atoms with E-state index in [1.165, 1.54) is 5.01 Å². The van der Waals surface area contributed by atoms with Gasteiger partial charge >= 0.3 is 6.09 Å². The van der Waals surface area contributed by atoms with E-state index < -0.39 is 6.09 Å². The summed E-state index contributed by atoms with van der Waals surface area (Å²) in [6, 6.07) is 0. The zero-order valence-corrected chi connectivity index (χ0v) is 6.42. The van der Waals surface area contributed by atoms with Crippen LogP contribution in [-0.4, -0.2) is 29.8 Å². The van der Waals surface area contributed by atoms with Crippen LogP contribution in [0, 0.1) is 0 Å². The molecule has 0 spiro atoms. The maximum absolute atomic E-state index is 10.3. The van der Waals surface area contributed by atoms with Gasteiger partial charge in [-0.1, -0.05) is 13.3 Å². The number of carboxylic acid groups (broad SMARTS) is 1. The van der Waals surface area contributed by atoms with E-state index in [9.17, 15) is 4.79 Å². The van der Waals surface area contributed by atoms with Crippen LogP contribution in [0.25, 0.3) is 0 Å². The molecule has 0 aliphatic heterocycles. The predicted octanol–water partition coefficient (Wildman–Crippen LogP) is 0.901. The second-order valence-corrected chi connectivity index (χ2v) is 2.01. The average Bonchev–Trinajstić information content (AvgIpc) is 1.89. The molecule has 0 atom stereocenters. The van der Waals surface area contributed by atoms with E-state index in [0.717, 1.165) is 12.8 Å². The Bertz CT molecular complexity index is 106. The molecule has 0 aromatic heterocycles. The van der Waals surface area contributed by atoms with Crippen LogP contribution in [0.4, 0.5) is 4.79 Å². The first-order valence-corrected chi connectivity index (χ1v) is 3.40. The summed E-state index contributed by atoms with van der Waals surface area (Å²) in [6.45, 7) is 2.58. The minimum absolute atomic E-state index is 0.558. The highest BCUT2D eigenvalue weighted by Gasteiger charge is 2.06. The van der Waals surface area contributed by atoms with Crippen molar-refractivity contribution < 1.29 is 9.90 Å². The molecule has 0 aliphatic rings. The molecule has 0 saturated heterocycles. The van der Waals surface area contributed by atoms with Crippen LogP contribution in [0.3, 0.4) is 0 Å². The molecule has 4 nitrogen and oxygen atoms in total. The Morgan fingerprint density at radius 3 is 2.60 bits per heavy atom. The second kappa shape index (κ2) is 5.05. The molecule has 0 rings (SSSR count). The maximum Gasteiger partial charge on any atom is 0.421 e. The highest BCUT2D eigenvalue weighted by atomic mass is 16.4.